The van der Waals surface area contributed by atoms with E-state index in [1.807, 2.05) is 17.9 Å². The summed E-state index contributed by atoms with van der Waals surface area (Å²) in [6.45, 7) is 4.74. The molecule has 3 heterocycles. The molecule has 1 saturated heterocycles. The zero-order valence-electron chi connectivity index (χ0n) is 15.6. The summed E-state index contributed by atoms with van der Waals surface area (Å²) >= 11 is 0. The molecule has 2 aromatic rings. The van der Waals surface area contributed by atoms with Crippen molar-refractivity contribution in [3.05, 3.63) is 47.7 Å². The van der Waals surface area contributed by atoms with Crippen LogP contribution in [0.1, 0.15) is 24.5 Å². The zero-order chi connectivity index (χ0) is 20.1. The summed E-state index contributed by atoms with van der Waals surface area (Å²) in [6.07, 6.45) is -1.80. The average Bonchev–Trinajstić information content (AvgIpc) is 3.01. The van der Waals surface area contributed by atoms with Gasteiger partial charge in [-0.3, -0.25) is 4.79 Å². The fraction of sp³-hybridized carbons (Fsp3) is 0.400. The summed E-state index contributed by atoms with van der Waals surface area (Å²) in [7, 11) is 0. The Kier molecular flexibility index (Phi) is 4.44. The van der Waals surface area contributed by atoms with E-state index in [0.29, 0.717) is 18.8 Å². The Morgan fingerprint density at radius 1 is 1.21 bits per heavy atom. The second-order valence-corrected chi connectivity index (χ2v) is 7.45. The molecule has 1 aromatic heterocycles. The molecule has 0 saturated carbocycles. The molecule has 2 atom stereocenters. The van der Waals surface area contributed by atoms with E-state index in [4.69, 9.17) is 0 Å². The number of aryl methyl sites for hydroxylation is 1. The van der Waals surface area contributed by atoms with Gasteiger partial charge in [0.2, 0.25) is 5.91 Å². The Labute approximate surface area is 161 Å². The molecular weight excluding hydrogens is 369 g/mol. The van der Waals surface area contributed by atoms with Crippen LogP contribution in [0, 0.1) is 6.92 Å². The highest BCUT2D eigenvalue weighted by Crippen LogP contribution is 2.42. The van der Waals surface area contributed by atoms with Crippen LogP contribution >= 0.6 is 0 Å². The van der Waals surface area contributed by atoms with Crippen LogP contribution in [0.25, 0.3) is 0 Å². The van der Waals surface area contributed by atoms with Crippen LogP contribution in [-0.2, 0) is 11.0 Å². The van der Waals surface area contributed by atoms with E-state index in [-0.39, 0.29) is 18.0 Å². The Bertz CT molecular complexity index is 897. The highest BCUT2D eigenvalue weighted by Gasteiger charge is 2.40. The van der Waals surface area contributed by atoms with Gasteiger partial charge in [0.1, 0.15) is 0 Å². The van der Waals surface area contributed by atoms with Gasteiger partial charge < -0.3 is 15.1 Å². The van der Waals surface area contributed by atoms with Crippen LogP contribution in [0.4, 0.5) is 30.4 Å². The molecule has 0 bridgehead atoms. The summed E-state index contributed by atoms with van der Waals surface area (Å²) in [5, 5.41) is 2.97. The first-order valence-electron chi connectivity index (χ1n) is 9.17. The Hall–Kier alpha value is -2.77. The average molecular weight is 390 g/mol. The first-order valence-corrected chi connectivity index (χ1v) is 9.17. The van der Waals surface area contributed by atoms with Crippen LogP contribution in [0.2, 0.25) is 0 Å². The van der Waals surface area contributed by atoms with Gasteiger partial charge in [-0.25, -0.2) is 4.98 Å². The van der Waals surface area contributed by atoms with Gasteiger partial charge in [0.15, 0.2) is 5.82 Å². The maximum atomic E-state index is 12.9. The molecular formula is C20H21F3N4O. The van der Waals surface area contributed by atoms with Crippen LogP contribution in [0.5, 0.6) is 0 Å². The molecule has 1 aromatic carbocycles. The first-order chi connectivity index (χ1) is 13.2. The Morgan fingerprint density at radius 3 is 2.57 bits per heavy atom. The summed E-state index contributed by atoms with van der Waals surface area (Å²) in [4.78, 5) is 20.3. The van der Waals surface area contributed by atoms with E-state index in [1.54, 1.807) is 6.20 Å². The molecule has 5 nitrogen and oxygen atoms in total. The molecule has 2 aliphatic heterocycles. The third kappa shape index (κ3) is 3.39. The second kappa shape index (κ2) is 6.68. The van der Waals surface area contributed by atoms with Gasteiger partial charge in [-0.05, 0) is 49.2 Å². The summed E-state index contributed by atoms with van der Waals surface area (Å²) < 4.78 is 38.7. The summed E-state index contributed by atoms with van der Waals surface area (Å²) in [5.74, 6) is 0.733. The van der Waals surface area contributed by atoms with E-state index in [2.05, 4.69) is 15.2 Å². The minimum atomic E-state index is -4.36. The van der Waals surface area contributed by atoms with Crippen LogP contribution < -0.4 is 15.1 Å². The molecule has 2 aliphatic rings. The van der Waals surface area contributed by atoms with E-state index >= 15 is 0 Å². The van der Waals surface area contributed by atoms with Gasteiger partial charge in [0, 0.05) is 37.9 Å². The number of carbonyl (C=O) groups excluding carboxylic acids is 1. The number of benzene rings is 1. The first kappa shape index (κ1) is 18.6. The van der Waals surface area contributed by atoms with Gasteiger partial charge in [0.25, 0.3) is 0 Å². The van der Waals surface area contributed by atoms with Gasteiger partial charge in [-0.1, -0.05) is 0 Å². The number of nitrogens with zero attached hydrogens (tertiary/aromatic N) is 3. The van der Waals surface area contributed by atoms with Crippen LogP contribution in [0.3, 0.4) is 0 Å². The van der Waals surface area contributed by atoms with Crippen LogP contribution in [0.15, 0.2) is 36.5 Å². The van der Waals surface area contributed by atoms with Crippen molar-refractivity contribution >= 4 is 23.1 Å². The molecule has 0 unspecified atom stereocenters. The van der Waals surface area contributed by atoms with E-state index in [9.17, 15) is 18.0 Å². The quantitative estimate of drug-likeness (QED) is 0.851. The summed E-state index contributed by atoms with van der Waals surface area (Å²) in [6, 6.07) is 7.39. The molecule has 0 spiro atoms. The van der Waals surface area contributed by atoms with Crippen molar-refractivity contribution in [3.8, 4) is 0 Å². The molecule has 148 valence electrons. The third-order valence-electron chi connectivity index (χ3n) is 5.27. The standard InChI is InChI=1S/C20H21F3N4O/c1-12-7-18-19(24-9-12)27-10-15(25-13(2)28)8-17(27)11-26(18)16-5-3-14(4-6-16)20(21,22)23/h3-7,9,15,17H,8,10-11H2,1-2H3,(H,25,28)/t15-,17-/m1/s1. The number of aromatic nitrogens is 1. The van der Waals surface area contributed by atoms with Crippen molar-refractivity contribution in [2.45, 2.75) is 38.5 Å². The number of amides is 1. The number of carbonyl (C=O) groups is 1. The van der Waals surface area contributed by atoms with Gasteiger partial charge >= 0.3 is 6.18 Å². The Balaban J connectivity index is 1.69. The molecule has 8 heteroatoms. The number of halogens is 3. The second-order valence-electron chi connectivity index (χ2n) is 7.45. The van der Waals surface area contributed by atoms with Crippen molar-refractivity contribution in [2.24, 2.45) is 0 Å². The normalized spacial score (nSPS) is 21.3. The molecule has 1 amide bonds. The number of fused-ring (bicyclic) bond motifs is 3. The fourth-order valence-electron chi connectivity index (χ4n) is 4.09. The molecule has 4 rings (SSSR count). The fourth-order valence-corrected chi connectivity index (χ4v) is 4.09. The number of rotatable bonds is 2. The number of nitrogens with one attached hydrogen (secondary N) is 1. The largest absolute Gasteiger partial charge is 0.416 e. The molecule has 0 aliphatic carbocycles. The van der Waals surface area contributed by atoms with Crippen LogP contribution in [-0.4, -0.2) is 36.1 Å². The Morgan fingerprint density at radius 2 is 1.93 bits per heavy atom. The van der Waals surface area contributed by atoms with Crippen molar-refractivity contribution in [3.63, 3.8) is 0 Å². The van der Waals surface area contributed by atoms with Crippen molar-refractivity contribution in [1.29, 1.82) is 0 Å². The number of hydrogen-bond acceptors (Lipinski definition) is 4. The van der Waals surface area contributed by atoms with E-state index in [1.165, 1.54) is 19.1 Å². The predicted molar refractivity (Wildman–Crippen MR) is 101 cm³/mol. The molecule has 1 N–H and O–H groups in total. The molecule has 0 radical (unpaired) electrons. The monoisotopic (exact) mass is 390 g/mol. The third-order valence-corrected chi connectivity index (χ3v) is 5.27. The topological polar surface area (TPSA) is 48.5 Å². The number of pyridine rings is 1. The lowest BCUT2D eigenvalue weighted by molar-refractivity contribution is -0.137. The highest BCUT2D eigenvalue weighted by molar-refractivity contribution is 5.79. The number of anilines is 3. The van der Waals surface area contributed by atoms with Crippen molar-refractivity contribution < 1.29 is 18.0 Å². The number of alkyl halides is 3. The number of hydrogen-bond donors (Lipinski definition) is 1. The highest BCUT2D eigenvalue weighted by atomic mass is 19.4. The minimum absolute atomic E-state index is 0.0333. The van der Waals surface area contributed by atoms with Crippen molar-refractivity contribution in [2.75, 3.05) is 22.9 Å². The summed E-state index contributed by atoms with van der Waals surface area (Å²) in [5.41, 5.74) is 1.89. The minimum Gasteiger partial charge on any atom is -0.352 e. The predicted octanol–water partition coefficient (Wildman–Crippen LogP) is 3.64. The SMILES string of the molecule is CC(=O)N[C@@H]1C[C@@H]2CN(c3ccc(C(F)(F)F)cc3)c3cc(C)cnc3N2C1. The zero-order valence-corrected chi connectivity index (χ0v) is 15.6. The van der Waals surface area contributed by atoms with Gasteiger partial charge in [-0.15, -0.1) is 0 Å². The maximum Gasteiger partial charge on any atom is 0.416 e. The lowest BCUT2D eigenvalue weighted by Crippen LogP contribution is -2.44. The molecule has 1 fully saturated rings. The maximum absolute atomic E-state index is 12.9. The van der Waals surface area contributed by atoms with E-state index < -0.39 is 11.7 Å². The van der Waals surface area contributed by atoms with Crippen molar-refractivity contribution in [1.82, 2.24) is 10.3 Å². The smallest absolute Gasteiger partial charge is 0.352 e. The lowest BCUT2D eigenvalue weighted by Gasteiger charge is -2.40. The molecule has 28 heavy (non-hydrogen) atoms. The lowest BCUT2D eigenvalue weighted by atomic mass is 10.1. The van der Waals surface area contributed by atoms with Gasteiger partial charge in [0.05, 0.1) is 17.3 Å². The van der Waals surface area contributed by atoms with Gasteiger partial charge in [-0.2, -0.15) is 13.2 Å². The van der Waals surface area contributed by atoms with E-state index in [0.717, 1.165) is 35.6 Å².